The van der Waals surface area contributed by atoms with Gasteiger partial charge < -0.3 is 5.73 Å². The van der Waals surface area contributed by atoms with Crippen molar-refractivity contribution in [1.82, 2.24) is 0 Å². The van der Waals surface area contributed by atoms with Gasteiger partial charge in [-0.1, -0.05) is 22.0 Å². The largest absolute Gasteiger partial charge is 0.330 e. The molecule has 0 aromatic heterocycles. The molecule has 1 nitrogen and oxygen atoms in total. The van der Waals surface area contributed by atoms with Crippen LogP contribution in [0.4, 0.5) is 4.39 Å². The van der Waals surface area contributed by atoms with Crippen LogP contribution in [0.25, 0.3) is 0 Å². The van der Waals surface area contributed by atoms with Crippen molar-refractivity contribution in [3.05, 3.63) is 34.1 Å². The maximum atomic E-state index is 13.8. The third kappa shape index (κ3) is 2.15. The predicted octanol–water partition coefficient (Wildman–Crippen LogP) is 3.51. The molecule has 0 aliphatic heterocycles. The van der Waals surface area contributed by atoms with Gasteiger partial charge in [-0.3, -0.25) is 0 Å². The van der Waals surface area contributed by atoms with Crippen LogP contribution in [0.5, 0.6) is 0 Å². The van der Waals surface area contributed by atoms with Crippen LogP contribution in [-0.4, -0.2) is 6.54 Å². The summed E-state index contributed by atoms with van der Waals surface area (Å²) in [6.07, 6.45) is 4.58. The highest BCUT2D eigenvalue weighted by Crippen LogP contribution is 2.60. The lowest BCUT2D eigenvalue weighted by molar-refractivity contribution is 0.269. The molecule has 2 fully saturated rings. The van der Waals surface area contributed by atoms with Crippen molar-refractivity contribution in [2.75, 3.05) is 6.54 Å². The fourth-order valence-corrected chi connectivity index (χ4v) is 3.79. The number of nitrogens with two attached hydrogens (primary N) is 1. The molecule has 2 atom stereocenters. The van der Waals surface area contributed by atoms with Crippen molar-refractivity contribution in [1.29, 1.82) is 0 Å². The van der Waals surface area contributed by atoms with Crippen molar-refractivity contribution in [3.8, 4) is 0 Å². The van der Waals surface area contributed by atoms with Crippen LogP contribution in [0.1, 0.15) is 24.8 Å². The number of rotatable bonds is 3. The van der Waals surface area contributed by atoms with Gasteiger partial charge in [0.25, 0.3) is 0 Å². The first-order valence-electron chi connectivity index (χ1n) is 6.26. The van der Waals surface area contributed by atoms with Crippen molar-refractivity contribution in [3.63, 3.8) is 0 Å². The second kappa shape index (κ2) is 4.06. The molecular formula is C14H17BrFN. The lowest BCUT2D eigenvalue weighted by atomic mass is 9.77. The van der Waals surface area contributed by atoms with Crippen LogP contribution in [0, 0.1) is 23.1 Å². The Morgan fingerprint density at radius 2 is 2.06 bits per heavy atom. The van der Waals surface area contributed by atoms with Crippen molar-refractivity contribution < 1.29 is 4.39 Å². The summed E-state index contributed by atoms with van der Waals surface area (Å²) in [5.41, 5.74) is 6.94. The third-order valence-corrected chi connectivity index (χ3v) is 4.97. The fraction of sp³-hybridized carbons (Fsp3) is 0.571. The number of benzene rings is 1. The summed E-state index contributed by atoms with van der Waals surface area (Å²) in [6.45, 7) is 0.690. The smallest absolute Gasteiger partial charge is 0.127 e. The van der Waals surface area contributed by atoms with Gasteiger partial charge in [-0.15, -0.1) is 0 Å². The van der Waals surface area contributed by atoms with E-state index in [0.717, 1.165) is 28.3 Å². The predicted molar refractivity (Wildman–Crippen MR) is 70.1 cm³/mol. The second-order valence-electron chi connectivity index (χ2n) is 5.78. The van der Waals surface area contributed by atoms with Gasteiger partial charge in [0.2, 0.25) is 0 Å². The van der Waals surface area contributed by atoms with Crippen LogP contribution >= 0.6 is 15.9 Å². The minimum Gasteiger partial charge on any atom is -0.330 e. The van der Waals surface area contributed by atoms with Crippen molar-refractivity contribution in [2.24, 2.45) is 23.0 Å². The number of hydrogen-bond donors (Lipinski definition) is 1. The molecule has 17 heavy (non-hydrogen) atoms. The van der Waals surface area contributed by atoms with Gasteiger partial charge in [0, 0.05) is 4.47 Å². The molecule has 0 radical (unpaired) electrons. The van der Waals surface area contributed by atoms with E-state index >= 15 is 0 Å². The average molecular weight is 298 g/mol. The Bertz CT molecular complexity index is 436. The Balaban J connectivity index is 1.81. The normalized spacial score (nSPS) is 34.8. The summed E-state index contributed by atoms with van der Waals surface area (Å²) in [4.78, 5) is 0. The lowest BCUT2D eigenvalue weighted by Gasteiger charge is -2.29. The van der Waals surface area contributed by atoms with Gasteiger partial charge in [-0.2, -0.15) is 0 Å². The first-order valence-corrected chi connectivity index (χ1v) is 7.05. The van der Waals surface area contributed by atoms with E-state index in [1.54, 1.807) is 6.07 Å². The van der Waals surface area contributed by atoms with Crippen molar-refractivity contribution >= 4 is 15.9 Å². The van der Waals surface area contributed by atoms with Crippen LogP contribution < -0.4 is 5.73 Å². The molecule has 0 spiro atoms. The van der Waals surface area contributed by atoms with Gasteiger partial charge in [-0.05, 0) is 67.2 Å². The van der Waals surface area contributed by atoms with Crippen LogP contribution in [0.15, 0.2) is 22.7 Å². The minimum atomic E-state index is -0.104. The minimum absolute atomic E-state index is 0.104. The molecule has 92 valence electrons. The zero-order valence-electron chi connectivity index (χ0n) is 9.76. The Labute approximate surface area is 110 Å². The maximum absolute atomic E-state index is 13.8. The number of halogens is 2. The van der Waals surface area contributed by atoms with E-state index in [2.05, 4.69) is 15.9 Å². The van der Waals surface area contributed by atoms with E-state index in [0.29, 0.717) is 6.54 Å². The summed E-state index contributed by atoms with van der Waals surface area (Å²) in [5.74, 6) is 1.67. The lowest BCUT2D eigenvalue weighted by Crippen LogP contribution is -2.31. The quantitative estimate of drug-likeness (QED) is 0.908. The van der Waals surface area contributed by atoms with Crippen LogP contribution in [-0.2, 0) is 6.42 Å². The zero-order chi connectivity index (χ0) is 12.0. The molecule has 0 saturated heterocycles. The third-order valence-electron chi connectivity index (χ3n) is 4.47. The highest BCUT2D eigenvalue weighted by molar-refractivity contribution is 9.10. The first kappa shape index (κ1) is 11.7. The molecule has 2 unspecified atom stereocenters. The van der Waals surface area contributed by atoms with Gasteiger partial charge >= 0.3 is 0 Å². The van der Waals surface area contributed by atoms with E-state index in [1.165, 1.54) is 19.3 Å². The molecule has 1 aromatic carbocycles. The summed E-state index contributed by atoms with van der Waals surface area (Å²) in [6, 6.07) is 5.36. The van der Waals surface area contributed by atoms with Gasteiger partial charge in [0.05, 0.1) is 0 Å². The standard InChI is InChI=1S/C14H17BrFN/c15-12-2-1-9(13(16)4-12)5-14(8-17)6-10-3-11(10)7-14/h1-2,4,10-11H,3,5-8,17H2. The van der Waals surface area contributed by atoms with E-state index in [-0.39, 0.29) is 11.2 Å². The van der Waals surface area contributed by atoms with E-state index < -0.39 is 0 Å². The average Bonchev–Trinajstić information content (AvgIpc) is 2.91. The first-order chi connectivity index (χ1) is 8.12. The molecule has 1 aromatic rings. The zero-order valence-corrected chi connectivity index (χ0v) is 11.3. The van der Waals surface area contributed by atoms with E-state index in [9.17, 15) is 4.39 Å². The molecule has 2 saturated carbocycles. The van der Waals surface area contributed by atoms with Crippen LogP contribution in [0.3, 0.4) is 0 Å². The maximum Gasteiger partial charge on any atom is 0.127 e. The fourth-order valence-electron chi connectivity index (χ4n) is 3.46. The second-order valence-corrected chi connectivity index (χ2v) is 6.70. The molecule has 0 amide bonds. The summed E-state index contributed by atoms with van der Waals surface area (Å²) in [5, 5.41) is 0. The topological polar surface area (TPSA) is 26.0 Å². The summed E-state index contributed by atoms with van der Waals surface area (Å²) < 4.78 is 14.6. The van der Waals surface area contributed by atoms with E-state index in [4.69, 9.17) is 5.73 Å². The Morgan fingerprint density at radius 3 is 2.65 bits per heavy atom. The van der Waals surface area contributed by atoms with Crippen LogP contribution in [0.2, 0.25) is 0 Å². The number of fused-ring (bicyclic) bond motifs is 1. The molecule has 2 aliphatic carbocycles. The Kier molecular flexibility index (Phi) is 2.79. The molecule has 3 rings (SSSR count). The molecule has 2 aliphatic rings. The SMILES string of the molecule is NCC1(Cc2ccc(Br)cc2F)CC2CC2C1. The Hall–Kier alpha value is -0.410. The number of hydrogen-bond acceptors (Lipinski definition) is 1. The molecule has 0 heterocycles. The summed E-state index contributed by atoms with van der Waals surface area (Å²) >= 11 is 3.29. The molecular weight excluding hydrogens is 281 g/mol. The van der Waals surface area contributed by atoms with Gasteiger partial charge in [-0.25, -0.2) is 4.39 Å². The Morgan fingerprint density at radius 1 is 1.35 bits per heavy atom. The van der Waals surface area contributed by atoms with Gasteiger partial charge in [0.15, 0.2) is 0 Å². The summed E-state index contributed by atoms with van der Waals surface area (Å²) in [7, 11) is 0. The highest BCUT2D eigenvalue weighted by Gasteiger charge is 2.52. The highest BCUT2D eigenvalue weighted by atomic mass is 79.9. The van der Waals surface area contributed by atoms with Gasteiger partial charge in [0.1, 0.15) is 5.82 Å². The monoisotopic (exact) mass is 297 g/mol. The molecule has 0 bridgehead atoms. The molecule has 2 N–H and O–H groups in total. The van der Waals surface area contributed by atoms with Crippen molar-refractivity contribution in [2.45, 2.75) is 25.7 Å². The van der Waals surface area contributed by atoms with E-state index in [1.807, 2.05) is 12.1 Å². The molecule has 3 heteroatoms.